The zero-order valence-corrected chi connectivity index (χ0v) is 11.7. The molecule has 0 saturated carbocycles. The zero-order chi connectivity index (χ0) is 14.5. The molecule has 3 aromatic rings. The van der Waals surface area contributed by atoms with E-state index in [-0.39, 0.29) is 0 Å². The molecule has 1 aromatic carbocycles. The number of hydrogen-bond donors (Lipinski definition) is 0. The normalized spacial score (nSPS) is 10.2. The van der Waals surface area contributed by atoms with Crippen molar-refractivity contribution in [3.63, 3.8) is 0 Å². The van der Waals surface area contributed by atoms with Crippen LogP contribution in [0.25, 0.3) is 17.2 Å². The summed E-state index contributed by atoms with van der Waals surface area (Å²) in [6.45, 7) is 0. The molecule has 6 nitrogen and oxygen atoms in total. The molecule has 21 heavy (non-hydrogen) atoms. The van der Waals surface area contributed by atoms with Gasteiger partial charge in [-0.05, 0) is 12.1 Å². The van der Waals surface area contributed by atoms with Crippen LogP contribution in [0, 0.1) is 11.3 Å². The minimum atomic E-state index is 0.311. The van der Waals surface area contributed by atoms with Crippen LogP contribution >= 0.6 is 11.8 Å². The predicted octanol–water partition coefficient (Wildman–Crippen LogP) is 2.34. The van der Waals surface area contributed by atoms with Gasteiger partial charge in [0.15, 0.2) is 11.0 Å². The third-order valence-corrected chi connectivity index (χ3v) is 3.50. The Morgan fingerprint density at radius 3 is 2.71 bits per heavy atom. The topological polar surface area (TPSA) is 80.3 Å². The monoisotopic (exact) mass is 294 g/mol. The van der Waals surface area contributed by atoms with Crippen LogP contribution in [0.3, 0.4) is 0 Å². The van der Waals surface area contributed by atoms with Crippen LogP contribution in [-0.2, 0) is 0 Å². The van der Waals surface area contributed by atoms with Crippen LogP contribution in [0.15, 0.2) is 54.1 Å². The van der Waals surface area contributed by atoms with E-state index in [1.54, 1.807) is 18.6 Å². The molecule has 7 heteroatoms. The minimum Gasteiger partial charge on any atom is -0.269 e. The fourth-order valence-corrected chi connectivity index (χ4v) is 2.46. The van der Waals surface area contributed by atoms with Crippen LogP contribution in [0.5, 0.6) is 0 Å². The summed E-state index contributed by atoms with van der Waals surface area (Å²) in [6, 6.07) is 11.8. The number of thioether (sulfide) groups is 1. The first kappa shape index (κ1) is 13.3. The van der Waals surface area contributed by atoms with Crippen LogP contribution in [0.4, 0.5) is 0 Å². The van der Waals surface area contributed by atoms with Crippen molar-refractivity contribution in [2.75, 3.05) is 5.75 Å². The summed E-state index contributed by atoms with van der Waals surface area (Å²) in [5.74, 6) is 0.917. The average molecular weight is 294 g/mol. The summed E-state index contributed by atoms with van der Waals surface area (Å²) in [7, 11) is 0. The summed E-state index contributed by atoms with van der Waals surface area (Å²) >= 11 is 1.34. The van der Waals surface area contributed by atoms with Gasteiger partial charge < -0.3 is 0 Å². The molecular formula is C14H10N6S. The maximum Gasteiger partial charge on any atom is 0.197 e. The minimum absolute atomic E-state index is 0.311. The average Bonchev–Trinajstić information content (AvgIpc) is 2.98. The summed E-state index contributed by atoms with van der Waals surface area (Å²) in [5.41, 5.74) is 1.56. The van der Waals surface area contributed by atoms with E-state index >= 15 is 0 Å². The fraction of sp³-hybridized carbons (Fsp3) is 0.0714. The number of para-hydroxylation sites is 1. The highest BCUT2D eigenvalue weighted by atomic mass is 32.2. The largest absolute Gasteiger partial charge is 0.269 e. The van der Waals surface area contributed by atoms with Crippen molar-refractivity contribution in [3.8, 4) is 23.3 Å². The molecule has 0 aliphatic rings. The Balaban J connectivity index is 2.13. The van der Waals surface area contributed by atoms with E-state index in [0.29, 0.717) is 22.4 Å². The van der Waals surface area contributed by atoms with Gasteiger partial charge in [0, 0.05) is 18.1 Å². The number of rotatable bonds is 4. The molecule has 0 saturated heterocycles. The van der Waals surface area contributed by atoms with Gasteiger partial charge in [0.2, 0.25) is 0 Å². The Kier molecular flexibility index (Phi) is 3.89. The summed E-state index contributed by atoms with van der Waals surface area (Å²) in [4.78, 5) is 8.33. The second-order valence-electron chi connectivity index (χ2n) is 4.01. The van der Waals surface area contributed by atoms with Crippen molar-refractivity contribution < 1.29 is 0 Å². The smallest absolute Gasteiger partial charge is 0.197 e. The van der Waals surface area contributed by atoms with Crippen molar-refractivity contribution in [2.45, 2.75) is 5.16 Å². The molecule has 0 atom stereocenters. The van der Waals surface area contributed by atoms with E-state index in [4.69, 9.17) is 5.26 Å². The number of nitrogens with zero attached hydrogens (tertiary/aromatic N) is 6. The Morgan fingerprint density at radius 1 is 1.14 bits per heavy atom. The van der Waals surface area contributed by atoms with E-state index in [1.807, 2.05) is 34.9 Å². The maximum absolute atomic E-state index is 8.76. The Hall–Kier alpha value is -2.72. The number of benzene rings is 1. The Bertz CT molecular complexity index is 763. The maximum atomic E-state index is 8.76. The van der Waals surface area contributed by atoms with Gasteiger partial charge in [-0.2, -0.15) is 5.26 Å². The molecular weight excluding hydrogens is 284 g/mol. The first-order valence-corrected chi connectivity index (χ1v) is 7.15. The molecule has 0 unspecified atom stereocenters. The molecule has 2 aromatic heterocycles. The number of hydrogen-bond acceptors (Lipinski definition) is 6. The molecule has 0 N–H and O–H groups in total. The molecule has 0 radical (unpaired) electrons. The van der Waals surface area contributed by atoms with Crippen molar-refractivity contribution in [2.24, 2.45) is 0 Å². The molecule has 0 aliphatic heterocycles. The van der Waals surface area contributed by atoms with Gasteiger partial charge >= 0.3 is 0 Å². The van der Waals surface area contributed by atoms with Crippen molar-refractivity contribution >= 4 is 11.8 Å². The van der Waals surface area contributed by atoms with Gasteiger partial charge in [0.25, 0.3) is 0 Å². The first-order chi connectivity index (χ1) is 10.4. The predicted molar refractivity (Wildman–Crippen MR) is 78.7 cm³/mol. The highest BCUT2D eigenvalue weighted by Gasteiger charge is 2.16. The highest BCUT2D eigenvalue weighted by molar-refractivity contribution is 7.99. The SMILES string of the molecule is N#CCSc1nnc(-c2cnccn2)n1-c1ccccc1. The summed E-state index contributed by atoms with van der Waals surface area (Å²) < 4.78 is 1.88. The van der Waals surface area contributed by atoms with E-state index < -0.39 is 0 Å². The van der Waals surface area contributed by atoms with Crippen LogP contribution in [0.2, 0.25) is 0 Å². The van der Waals surface area contributed by atoms with Gasteiger partial charge in [-0.15, -0.1) is 10.2 Å². The van der Waals surface area contributed by atoms with Crippen LogP contribution < -0.4 is 0 Å². The third-order valence-electron chi connectivity index (χ3n) is 2.71. The first-order valence-electron chi connectivity index (χ1n) is 6.17. The van der Waals surface area contributed by atoms with Gasteiger partial charge in [0.1, 0.15) is 5.69 Å². The lowest BCUT2D eigenvalue weighted by atomic mass is 10.3. The second kappa shape index (κ2) is 6.15. The number of nitriles is 1. The molecule has 0 amide bonds. The Morgan fingerprint density at radius 2 is 2.00 bits per heavy atom. The molecule has 0 aliphatic carbocycles. The molecule has 2 heterocycles. The molecule has 0 spiro atoms. The molecule has 0 bridgehead atoms. The van der Waals surface area contributed by atoms with Gasteiger partial charge in [-0.1, -0.05) is 30.0 Å². The van der Waals surface area contributed by atoms with Crippen molar-refractivity contribution in [1.82, 2.24) is 24.7 Å². The van der Waals surface area contributed by atoms with Gasteiger partial charge in [-0.25, -0.2) is 4.98 Å². The molecule has 3 rings (SSSR count). The summed E-state index contributed by atoms with van der Waals surface area (Å²) in [6.07, 6.45) is 4.86. The van der Waals surface area contributed by atoms with Gasteiger partial charge in [0.05, 0.1) is 18.0 Å². The highest BCUT2D eigenvalue weighted by Crippen LogP contribution is 2.26. The van der Waals surface area contributed by atoms with Gasteiger partial charge in [-0.3, -0.25) is 9.55 Å². The lowest BCUT2D eigenvalue weighted by Crippen LogP contribution is -2.00. The van der Waals surface area contributed by atoms with Crippen LogP contribution in [0.1, 0.15) is 0 Å². The third kappa shape index (κ3) is 2.75. The van der Waals surface area contributed by atoms with E-state index in [2.05, 4.69) is 26.2 Å². The molecule has 0 fully saturated rings. The van der Waals surface area contributed by atoms with E-state index in [1.165, 1.54) is 11.8 Å². The number of aromatic nitrogens is 5. The van der Waals surface area contributed by atoms with Crippen LogP contribution in [-0.4, -0.2) is 30.5 Å². The summed E-state index contributed by atoms with van der Waals surface area (Å²) in [5, 5.41) is 17.8. The second-order valence-corrected chi connectivity index (χ2v) is 4.96. The zero-order valence-electron chi connectivity index (χ0n) is 10.9. The lowest BCUT2D eigenvalue weighted by Gasteiger charge is -2.08. The standard InChI is InChI=1S/C14H10N6S/c15-6-9-21-14-19-18-13(12-10-16-7-8-17-12)20(14)11-4-2-1-3-5-11/h1-5,7-8,10H,9H2. The van der Waals surface area contributed by atoms with E-state index in [9.17, 15) is 0 Å². The quantitative estimate of drug-likeness (QED) is 0.687. The fourth-order valence-electron chi connectivity index (χ4n) is 1.85. The molecule has 102 valence electrons. The van der Waals surface area contributed by atoms with E-state index in [0.717, 1.165) is 5.69 Å². The lowest BCUT2D eigenvalue weighted by molar-refractivity contribution is 0.886. The Labute approximate surface area is 125 Å². The van der Waals surface area contributed by atoms with Crippen molar-refractivity contribution in [1.29, 1.82) is 5.26 Å². The van der Waals surface area contributed by atoms with Crippen molar-refractivity contribution in [3.05, 3.63) is 48.9 Å².